The summed E-state index contributed by atoms with van der Waals surface area (Å²) < 4.78 is 6.87. The number of amides is 1. The van der Waals surface area contributed by atoms with Gasteiger partial charge in [-0.25, -0.2) is 0 Å². The van der Waals surface area contributed by atoms with E-state index in [2.05, 4.69) is 15.5 Å². The summed E-state index contributed by atoms with van der Waals surface area (Å²) in [6.45, 7) is 4.30. The van der Waals surface area contributed by atoms with Crippen LogP contribution in [0.25, 0.3) is 0 Å². The highest BCUT2D eigenvalue weighted by molar-refractivity contribution is 7.99. The molecule has 1 heterocycles. The third-order valence-corrected chi connectivity index (χ3v) is 4.43. The van der Waals surface area contributed by atoms with E-state index >= 15 is 0 Å². The van der Waals surface area contributed by atoms with Crippen molar-refractivity contribution >= 4 is 23.6 Å². The molecule has 2 N–H and O–H groups in total. The van der Waals surface area contributed by atoms with Gasteiger partial charge < -0.3 is 19.7 Å². The topological polar surface area (TPSA) is 106 Å². The Morgan fingerprint density at radius 1 is 1.32 bits per heavy atom. The van der Waals surface area contributed by atoms with E-state index in [4.69, 9.17) is 9.84 Å². The molecule has 0 radical (unpaired) electrons. The molecule has 1 aromatic carbocycles. The number of carbonyl (C=O) groups excluding carboxylic acids is 1. The molecule has 0 unspecified atom stereocenters. The van der Waals surface area contributed by atoms with E-state index in [1.165, 1.54) is 0 Å². The van der Waals surface area contributed by atoms with Crippen LogP contribution in [0.1, 0.15) is 36.1 Å². The van der Waals surface area contributed by atoms with Gasteiger partial charge in [-0.05, 0) is 38.1 Å². The third-order valence-electron chi connectivity index (χ3n) is 3.47. The van der Waals surface area contributed by atoms with Gasteiger partial charge in [-0.3, -0.25) is 9.59 Å². The van der Waals surface area contributed by atoms with Crippen molar-refractivity contribution in [2.24, 2.45) is 0 Å². The molecule has 2 rings (SSSR count). The number of hydrogen-bond acceptors (Lipinski definition) is 6. The Kier molecular flexibility index (Phi) is 6.40. The molecule has 0 aliphatic heterocycles. The van der Waals surface area contributed by atoms with Gasteiger partial charge in [0.25, 0.3) is 5.91 Å². The van der Waals surface area contributed by atoms with Gasteiger partial charge in [-0.2, -0.15) is 0 Å². The van der Waals surface area contributed by atoms with Crippen molar-refractivity contribution in [3.63, 3.8) is 0 Å². The number of thioether (sulfide) groups is 1. The van der Waals surface area contributed by atoms with E-state index in [0.29, 0.717) is 28.8 Å². The molecule has 1 aromatic heterocycles. The lowest BCUT2D eigenvalue weighted by atomic mass is 10.2. The van der Waals surface area contributed by atoms with Gasteiger partial charge in [0.1, 0.15) is 5.75 Å². The van der Waals surface area contributed by atoms with Crippen molar-refractivity contribution in [1.29, 1.82) is 0 Å². The first-order chi connectivity index (χ1) is 12.0. The number of carbonyl (C=O) groups is 2. The van der Waals surface area contributed by atoms with Crippen LogP contribution in [0.2, 0.25) is 0 Å². The minimum Gasteiger partial charge on any atom is -0.497 e. The summed E-state index contributed by atoms with van der Waals surface area (Å²) >= 11 is 1.10. The van der Waals surface area contributed by atoms with Crippen molar-refractivity contribution in [2.45, 2.75) is 31.6 Å². The first kappa shape index (κ1) is 18.8. The van der Waals surface area contributed by atoms with Gasteiger partial charge in [0.15, 0.2) is 11.0 Å². The smallest absolute Gasteiger partial charge is 0.313 e. The monoisotopic (exact) mass is 364 g/mol. The summed E-state index contributed by atoms with van der Waals surface area (Å²) in [5.41, 5.74) is 0.510. The van der Waals surface area contributed by atoms with Crippen LogP contribution in [-0.2, 0) is 11.3 Å². The minimum atomic E-state index is -0.918. The molecule has 0 fully saturated rings. The molecule has 0 aliphatic carbocycles. The molecule has 0 saturated heterocycles. The number of ether oxygens (including phenoxy) is 1. The van der Waals surface area contributed by atoms with Crippen LogP contribution in [0.5, 0.6) is 5.75 Å². The predicted molar refractivity (Wildman–Crippen MR) is 92.9 cm³/mol. The van der Waals surface area contributed by atoms with Crippen molar-refractivity contribution in [3.05, 3.63) is 35.7 Å². The van der Waals surface area contributed by atoms with Crippen LogP contribution in [-0.4, -0.2) is 44.6 Å². The standard InChI is InChI=1S/C16H20N4O4S/c1-4-20-14(18-19-16(20)25-9-13(21)22)10(2)17-15(23)11-5-7-12(24-3)8-6-11/h5-8,10H,4,9H2,1-3H3,(H,17,23)(H,21,22)/t10-/m0/s1. The SMILES string of the molecule is CCn1c(SCC(=O)O)nnc1[C@H](C)NC(=O)c1ccc(OC)cc1. The molecule has 0 bridgehead atoms. The summed E-state index contributed by atoms with van der Waals surface area (Å²) in [7, 11) is 1.56. The molecular formula is C16H20N4O4S. The zero-order chi connectivity index (χ0) is 18.4. The summed E-state index contributed by atoms with van der Waals surface area (Å²) in [6.07, 6.45) is 0. The van der Waals surface area contributed by atoms with Crippen LogP contribution in [0.15, 0.2) is 29.4 Å². The number of aromatic nitrogens is 3. The number of carboxylic acids is 1. The summed E-state index contributed by atoms with van der Waals surface area (Å²) in [4.78, 5) is 23.1. The Balaban J connectivity index is 2.10. The Morgan fingerprint density at radius 3 is 2.56 bits per heavy atom. The van der Waals surface area contributed by atoms with Gasteiger partial charge in [0, 0.05) is 12.1 Å². The molecular weight excluding hydrogens is 344 g/mol. The fourth-order valence-corrected chi connectivity index (χ4v) is 2.97. The van der Waals surface area contributed by atoms with Crippen molar-refractivity contribution < 1.29 is 19.4 Å². The molecule has 9 heteroatoms. The highest BCUT2D eigenvalue weighted by atomic mass is 32.2. The number of benzene rings is 1. The van der Waals surface area contributed by atoms with E-state index in [1.807, 2.05) is 13.8 Å². The second-order valence-corrected chi connectivity index (χ2v) is 6.13. The minimum absolute atomic E-state index is 0.0925. The molecule has 0 saturated carbocycles. The Morgan fingerprint density at radius 2 is 2.00 bits per heavy atom. The van der Waals surface area contributed by atoms with E-state index in [0.717, 1.165) is 11.8 Å². The lowest BCUT2D eigenvalue weighted by molar-refractivity contribution is -0.133. The maximum Gasteiger partial charge on any atom is 0.313 e. The van der Waals surface area contributed by atoms with Crippen molar-refractivity contribution in [1.82, 2.24) is 20.1 Å². The molecule has 0 spiro atoms. The first-order valence-corrected chi connectivity index (χ1v) is 8.67. The number of nitrogens with one attached hydrogen (secondary N) is 1. The van der Waals surface area contributed by atoms with E-state index in [-0.39, 0.29) is 17.7 Å². The van der Waals surface area contributed by atoms with Crippen LogP contribution in [0.3, 0.4) is 0 Å². The normalized spacial score (nSPS) is 11.8. The summed E-state index contributed by atoms with van der Waals surface area (Å²) in [6, 6.07) is 6.42. The van der Waals surface area contributed by atoms with Gasteiger partial charge in [-0.1, -0.05) is 11.8 Å². The maximum atomic E-state index is 12.4. The number of hydrogen-bond donors (Lipinski definition) is 2. The fraction of sp³-hybridized carbons (Fsp3) is 0.375. The second-order valence-electron chi connectivity index (χ2n) is 5.19. The number of methoxy groups -OCH3 is 1. The molecule has 0 aliphatic rings. The highest BCUT2D eigenvalue weighted by Crippen LogP contribution is 2.21. The van der Waals surface area contributed by atoms with E-state index < -0.39 is 5.97 Å². The Bertz CT molecular complexity index is 745. The van der Waals surface area contributed by atoms with E-state index in [9.17, 15) is 9.59 Å². The molecule has 25 heavy (non-hydrogen) atoms. The van der Waals surface area contributed by atoms with Crippen molar-refractivity contribution in [3.8, 4) is 5.75 Å². The molecule has 2 aromatic rings. The Labute approximate surface area is 149 Å². The lowest BCUT2D eigenvalue weighted by Gasteiger charge is -2.15. The number of nitrogens with zero attached hydrogens (tertiary/aromatic N) is 3. The zero-order valence-electron chi connectivity index (χ0n) is 14.2. The number of aliphatic carboxylic acids is 1. The predicted octanol–water partition coefficient (Wildman–Crippen LogP) is 1.97. The first-order valence-electron chi connectivity index (χ1n) is 7.68. The molecule has 1 amide bonds. The van der Waals surface area contributed by atoms with Crippen LogP contribution >= 0.6 is 11.8 Å². The average Bonchev–Trinajstić information content (AvgIpc) is 3.02. The fourth-order valence-electron chi connectivity index (χ4n) is 2.24. The average molecular weight is 364 g/mol. The summed E-state index contributed by atoms with van der Waals surface area (Å²) in [5.74, 6) is 0.0105. The van der Waals surface area contributed by atoms with Crippen LogP contribution in [0.4, 0.5) is 0 Å². The number of rotatable bonds is 8. The Hall–Kier alpha value is -2.55. The lowest BCUT2D eigenvalue weighted by Crippen LogP contribution is -2.28. The quantitative estimate of drug-likeness (QED) is 0.690. The summed E-state index contributed by atoms with van der Waals surface area (Å²) in [5, 5.41) is 20.3. The van der Waals surface area contributed by atoms with E-state index in [1.54, 1.807) is 35.9 Å². The maximum absolute atomic E-state index is 12.4. The second kappa shape index (κ2) is 8.52. The third kappa shape index (κ3) is 4.72. The van der Waals surface area contributed by atoms with Crippen LogP contribution in [0, 0.1) is 0 Å². The van der Waals surface area contributed by atoms with Gasteiger partial charge in [-0.15, -0.1) is 10.2 Å². The highest BCUT2D eigenvalue weighted by Gasteiger charge is 2.20. The van der Waals surface area contributed by atoms with Gasteiger partial charge >= 0.3 is 5.97 Å². The number of carboxylic acid groups (broad SMARTS) is 1. The van der Waals surface area contributed by atoms with Crippen molar-refractivity contribution in [2.75, 3.05) is 12.9 Å². The van der Waals surface area contributed by atoms with Gasteiger partial charge in [0.05, 0.1) is 18.9 Å². The molecule has 134 valence electrons. The largest absolute Gasteiger partial charge is 0.497 e. The molecule has 8 nitrogen and oxygen atoms in total. The van der Waals surface area contributed by atoms with Crippen LogP contribution < -0.4 is 10.1 Å². The molecule has 1 atom stereocenters. The van der Waals surface area contributed by atoms with Gasteiger partial charge in [0.2, 0.25) is 0 Å². The zero-order valence-corrected chi connectivity index (χ0v) is 15.0.